The summed E-state index contributed by atoms with van der Waals surface area (Å²) in [6.45, 7) is 9.34. The van der Waals surface area contributed by atoms with Gasteiger partial charge in [0.1, 0.15) is 23.9 Å². The van der Waals surface area contributed by atoms with Crippen LogP contribution in [0.3, 0.4) is 0 Å². The third-order valence-electron chi connectivity index (χ3n) is 16.3. The number of carbonyl (C=O) groups excluding carboxylic acids is 7. The van der Waals surface area contributed by atoms with Gasteiger partial charge < -0.3 is 133 Å². The van der Waals surface area contributed by atoms with Crippen LogP contribution in [0.25, 0.3) is 0 Å². The summed E-state index contributed by atoms with van der Waals surface area (Å²) in [7, 11) is 0. The van der Waals surface area contributed by atoms with Crippen molar-refractivity contribution in [3.05, 3.63) is 36.5 Å². The van der Waals surface area contributed by atoms with Gasteiger partial charge in [0.05, 0.1) is 211 Å². The van der Waals surface area contributed by atoms with E-state index in [0.29, 0.717) is 158 Å². The van der Waals surface area contributed by atoms with Gasteiger partial charge in [0, 0.05) is 71.5 Å². The third-order valence-corrected chi connectivity index (χ3v) is 16.3. The van der Waals surface area contributed by atoms with Gasteiger partial charge in [-0.2, -0.15) is 0 Å². The van der Waals surface area contributed by atoms with Gasteiger partial charge >= 0.3 is 18.3 Å². The van der Waals surface area contributed by atoms with Gasteiger partial charge in [0.15, 0.2) is 0 Å². The summed E-state index contributed by atoms with van der Waals surface area (Å²) < 4.78 is 107. The maximum absolute atomic E-state index is 13.8. The van der Waals surface area contributed by atoms with Crippen molar-refractivity contribution in [3.63, 3.8) is 0 Å². The van der Waals surface area contributed by atoms with Crippen molar-refractivity contribution in [3.8, 4) is 0 Å². The minimum Gasteiger partial charge on any atom is -0.446 e. The van der Waals surface area contributed by atoms with Crippen LogP contribution in [0, 0.1) is 0 Å². The average molecular weight is 1560 g/mol. The highest BCUT2D eigenvalue weighted by atomic mass is 16.6. The van der Waals surface area contributed by atoms with E-state index in [-0.39, 0.29) is 161 Å². The topological polar surface area (TPSA) is 405 Å². The fraction of sp³-hybridized carbons (Fsp3) is 0.827. The van der Waals surface area contributed by atoms with E-state index < -0.39 is 29.7 Å². The van der Waals surface area contributed by atoms with E-state index in [4.69, 9.17) is 95.7 Å². The molecule has 0 bridgehead atoms. The molecule has 3 atom stereocenters. The first-order valence-electron chi connectivity index (χ1n) is 39.4. The Kier molecular flexibility index (Phi) is 64.8. The summed E-state index contributed by atoms with van der Waals surface area (Å²) in [4.78, 5) is 89.2. The molecule has 0 spiro atoms. The van der Waals surface area contributed by atoms with Crippen molar-refractivity contribution in [2.24, 2.45) is 5.73 Å². The van der Waals surface area contributed by atoms with E-state index in [0.717, 1.165) is 96.3 Å². The number of ether oxygens (including phenoxy) is 19. The van der Waals surface area contributed by atoms with Crippen molar-refractivity contribution in [2.45, 2.75) is 146 Å². The molecule has 0 aromatic rings. The Morgan fingerprint density at radius 2 is 0.495 bits per heavy atom. The molecule has 7 amide bonds. The van der Waals surface area contributed by atoms with Crippen molar-refractivity contribution < 1.29 is 124 Å². The molecule has 3 aliphatic rings. The van der Waals surface area contributed by atoms with Gasteiger partial charge in [-0.25, -0.2) is 14.4 Å². The zero-order valence-corrected chi connectivity index (χ0v) is 64.9. The summed E-state index contributed by atoms with van der Waals surface area (Å²) >= 11 is 0. The lowest BCUT2D eigenvalue weighted by molar-refractivity contribution is -0.131. The number of nitrogens with one attached hydrogen (secondary N) is 7. The maximum Gasteiger partial charge on any atom is 0.407 e. The number of alkyl carbamates (subject to hydrolysis) is 3. The summed E-state index contributed by atoms with van der Waals surface area (Å²) in [6, 6.07) is 0. The van der Waals surface area contributed by atoms with Crippen molar-refractivity contribution in [1.29, 1.82) is 0 Å². The van der Waals surface area contributed by atoms with Crippen LogP contribution in [-0.4, -0.2) is 323 Å². The molecule has 3 aliphatic carbocycles. The standard InChI is InChI=1S/C75H134N8O26/c76-26-37-92-45-53-100-61-60-99-52-44-91-33-25-71(87)83-75(62-104-34-22-68(84)77-27-38-93-46-54-101-57-49-96-41-30-80-72(88)107-65-16-10-4-1-5-11-17-65,63-105-35-23-69(85)78-28-39-94-47-55-102-58-50-97-42-31-81-73(89)108-66-18-12-6-2-7-13-19-66)64-106-36-24-70(86)79-29-40-95-48-56-103-59-51-98-43-32-82-74(90)109-67-20-14-8-3-9-15-21-67/h1-4,6,8,65-67H,5,7,9-64,76H2,(H,77,84)(H,78,85)(H,79,86)(H,80,88)(H,81,89)(H,82,90)(H,83,87)/b4-1+,6-2+,8-3+. The average Bonchev–Trinajstić information content (AvgIpc) is 0.854. The zero-order valence-electron chi connectivity index (χ0n) is 64.9. The van der Waals surface area contributed by atoms with Crippen LogP contribution >= 0.6 is 0 Å². The highest BCUT2D eigenvalue weighted by Gasteiger charge is 2.34. The number of allylic oxidation sites excluding steroid dienone is 6. The first-order chi connectivity index (χ1) is 53.6. The largest absolute Gasteiger partial charge is 0.446 e. The highest BCUT2D eigenvalue weighted by Crippen LogP contribution is 2.19. The van der Waals surface area contributed by atoms with E-state index in [1.807, 2.05) is 0 Å². The molecule has 0 heterocycles. The second-order valence-electron chi connectivity index (χ2n) is 25.6. The molecule has 0 saturated carbocycles. The molecule has 34 nitrogen and oxygen atoms in total. The van der Waals surface area contributed by atoms with Gasteiger partial charge in [-0.3, -0.25) is 19.2 Å². The van der Waals surface area contributed by atoms with Crippen LogP contribution in [0.2, 0.25) is 0 Å². The summed E-state index contributed by atoms with van der Waals surface area (Å²) in [5.74, 6) is -1.36. The minimum atomic E-state index is -1.37. The number of carbonyl (C=O) groups is 7. The normalized spacial score (nSPS) is 17.5. The van der Waals surface area contributed by atoms with Crippen LogP contribution in [0.15, 0.2) is 36.5 Å². The molecule has 0 aromatic carbocycles. The van der Waals surface area contributed by atoms with E-state index in [1.165, 1.54) is 0 Å². The van der Waals surface area contributed by atoms with Crippen LogP contribution < -0.4 is 43.0 Å². The number of amides is 7. The van der Waals surface area contributed by atoms with Gasteiger partial charge in [-0.15, -0.1) is 0 Å². The predicted molar refractivity (Wildman–Crippen MR) is 402 cm³/mol. The molecular formula is C75H134N8O26. The lowest BCUT2D eigenvalue weighted by Gasteiger charge is -2.34. The molecule has 3 unspecified atom stereocenters. The minimum absolute atomic E-state index is 0.0372. The Labute approximate surface area is 645 Å². The SMILES string of the molecule is NCCOCCOCCOCCOCCC(=O)NC(COCCC(=O)NCCOCCOCCOCCNC(=O)OC1CC/C=C/CCC1)(COCCC(=O)NCCOCCOCCOCCNC(=O)OC1CC/C=C/CCC1)COCCC(=O)NCCOCCOCCOCCNC(=O)OC1CC/C=C/CCC1. The first kappa shape index (κ1) is 97.4. The van der Waals surface area contributed by atoms with Crippen LogP contribution in [0.4, 0.5) is 14.4 Å². The summed E-state index contributed by atoms with van der Waals surface area (Å²) in [5, 5.41) is 19.6. The summed E-state index contributed by atoms with van der Waals surface area (Å²) in [5.41, 5.74) is 4.07. The van der Waals surface area contributed by atoms with Crippen molar-refractivity contribution >= 4 is 41.9 Å². The Balaban J connectivity index is 1.42. The maximum atomic E-state index is 13.8. The Hall–Kier alpha value is -5.77. The fourth-order valence-corrected chi connectivity index (χ4v) is 10.6. The van der Waals surface area contributed by atoms with Gasteiger partial charge in [-0.05, 0) is 96.3 Å². The quantitative estimate of drug-likeness (QED) is 0.0244. The first-order valence-corrected chi connectivity index (χ1v) is 39.4. The Morgan fingerprint density at radius 1 is 0.266 bits per heavy atom. The van der Waals surface area contributed by atoms with E-state index in [9.17, 15) is 33.6 Å². The number of rotatable bonds is 69. The van der Waals surface area contributed by atoms with Gasteiger partial charge in [0.2, 0.25) is 23.6 Å². The van der Waals surface area contributed by atoms with Crippen LogP contribution in [0.5, 0.6) is 0 Å². The second-order valence-corrected chi connectivity index (χ2v) is 25.6. The van der Waals surface area contributed by atoms with E-state index in [1.54, 1.807) is 0 Å². The summed E-state index contributed by atoms with van der Waals surface area (Å²) in [6.07, 6.45) is 24.9. The number of nitrogens with two attached hydrogens (primary N) is 1. The molecule has 0 aromatic heterocycles. The number of hydrogen-bond acceptors (Lipinski definition) is 27. The predicted octanol–water partition coefficient (Wildman–Crippen LogP) is 3.82. The van der Waals surface area contributed by atoms with E-state index >= 15 is 0 Å². The second kappa shape index (κ2) is 72.5. The molecule has 3 rings (SSSR count). The van der Waals surface area contributed by atoms with Crippen LogP contribution in [0.1, 0.15) is 122 Å². The molecule has 9 N–H and O–H groups in total. The smallest absolute Gasteiger partial charge is 0.407 e. The number of hydrogen-bond donors (Lipinski definition) is 8. The molecule has 109 heavy (non-hydrogen) atoms. The third kappa shape index (κ3) is 62.5. The molecule has 0 aliphatic heterocycles. The molecule has 0 saturated heterocycles. The van der Waals surface area contributed by atoms with Crippen molar-refractivity contribution in [1.82, 2.24) is 37.2 Å². The Bertz CT molecular complexity index is 2140. The molecule has 34 heteroatoms. The Morgan fingerprint density at radius 3 is 0.780 bits per heavy atom. The monoisotopic (exact) mass is 1560 g/mol. The zero-order chi connectivity index (χ0) is 77.9. The molecular weight excluding hydrogens is 1430 g/mol. The fourth-order valence-electron chi connectivity index (χ4n) is 10.6. The van der Waals surface area contributed by atoms with E-state index in [2.05, 4.69) is 73.7 Å². The highest BCUT2D eigenvalue weighted by molar-refractivity contribution is 5.77. The van der Waals surface area contributed by atoms with Gasteiger partial charge in [-0.1, -0.05) is 36.5 Å². The lowest BCUT2D eigenvalue weighted by Crippen LogP contribution is -2.59. The van der Waals surface area contributed by atoms with Gasteiger partial charge in [0.25, 0.3) is 0 Å². The molecule has 630 valence electrons. The molecule has 0 fully saturated rings. The van der Waals surface area contributed by atoms with Crippen molar-refractivity contribution in [2.75, 3.05) is 257 Å². The molecule has 0 radical (unpaired) electrons. The lowest BCUT2D eigenvalue weighted by atomic mass is 10.0. The van der Waals surface area contributed by atoms with Crippen LogP contribution in [-0.2, 0) is 109 Å².